The zero-order valence-electron chi connectivity index (χ0n) is 8.68. The first-order valence-corrected chi connectivity index (χ1v) is 4.67. The Kier molecular flexibility index (Phi) is 3.42. The van der Waals surface area contributed by atoms with Crippen molar-refractivity contribution in [2.75, 3.05) is 0 Å². The van der Waals surface area contributed by atoms with Crippen LogP contribution in [0.15, 0.2) is 30.4 Å². The zero-order chi connectivity index (χ0) is 10.7. The third-order valence-electron chi connectivity index (χ3n) is 2.28. The minimum absolute atomic E-state index is 0.150. The van der Waals surface area contributed by atoms with Gasteiger partial charge in [0.2, 0.25) is 0 Å². The molecule has 1 aromatic carbocycles. The molecule has 14 heavy (non-hydrogen) atoms. The van der Waals surface area contributed by atoms with Gasteiger partial charge >= 0.3 is 0 Å². The van der Waals surface area contributed by atoms with Gasteiger partial charge in [0.15, 0.2) is 0 Å². The first-order valence-electron chi connectivity index (χ1n) is 4.67. The predicted octanol–water partition coefficient (Wildman–Crippen LogP) is 3.10. The van der Waals surface area contributed by atoms with Crippen LogP contribution in [0.5, 0.6) is 0 Å². The van der Waals surface area contributed by atoms with Crippen LogP contribution in [-0.4, -0.2) is 0 Å². The lowest BCUT2D eigenvalue weighted by molar-refractivity contribution is 0.606. The van der Waals surface area contributed by atoms with Gasteiger partial charge in [0.1, 0.15) is 5.82 Å². The molecular weight excluding hydrogens is 177 g/mol. The molecule has 2 heteroatoms. The van der Waals surface area contributed by atoms with E-state index in [9.17, 15) is 4.39 Å². The van der Waals surface area contributed by atoms with Gasteiger partial charge in [-0.05, 0) is 37.5 Å². The highest BCUT2D eigenvalue weighted by Crippen LogP contribution is 2.22. The zero-order valence-corrected chi connectivity index (χ0v) is 8.68. The summed E-state index contributed by atoms with van der Waals surface area (Å²) in [7, 11) is 0. The summed E-state index contributed by atoms with van der Waals surface area (Å²) in [4.78, 5) is 0. The molecule has 0 radical (unpaired) electrons. The minimum Gasteiger partial charge on any atom is -0.324 e. The van der Waals surface area contributed by atoms with Gasteiger partial charge in [-0.25, -0.2) is 4.39 Å². The number of rotatable bonds is 3. The van der Waals surface area contributed by atoms with Crippen LogP contribution in [0.25, 0.3) is 0 Å². The quantitative estimate of drug-likeness (QED) is 0.733. The van der Waals surface area contributed by atoms with Crippen molar-refractivity contribution in [1.29, 1.82) is 0 Å². The molecule has 1 atom stereocenters. The van der Waals surface area contributed by atoms with Crippen molar-refractivity contribution in [3.63, 3.8) is 0 Å². The monoisotopic (exact) mass is 193 g/mol. The van der Waals surface area contributed by atoms with E-state index in [0.717, 1.165) is 11.1 Å². The summed E-state index contributed by atoms with van der Waals surface area (Å²) in [6.07, 6.45) is 0.699. The molecule has 0 heterocycles. The van der Waals surface area contributed by atoms with Gasteiger partial charge in [-0.3, -0.25) is 0 Å². The summed E-state index contributed by atoms with van der Waals surface area (Å²) in [5, 5.41) is 0. The lowest BCUT2D eigenvalue weighted by Gasteiger charge is -2.14. The number of nitrogens with two attached hydrogens (primary N) is 1. The molecule has 0 aliphatic carbocycles. The lowest BCUT2D eigenvalue weighted by atomic mass is 9.97. The third-order valence-corrected chi connectivity index (χ3v) is 2.28. The maximum Gasteiger partial charge on any atom is 0.126 e. The molecule has 0 fully saturated rings. The van der Waals surface area contributed by atoms with Crippen LogP contribution in [-0.2, 0) is 0 Å². The summed E-state index contributed by atoms with van der Waals surface area (Å²) in [6, 6.07) is 4.86. The second-order valence-corrected chi connectivity index (χ2v) is 3.72. The van der Waals surface area contributed by atoms with Crippen molar-refractivity contribution in [2.24, 2.45) is 5.73 Å². The second-order valence-electron chi connectivity index (χ2n) is 3.72. The van der Waals surface area contributed by atoms with Crippen LogP contribution in [0.3, 0.4) is 0 Å². The Hall–Kier alpha value is -1.15. The van der Waals surface area contributed by atoms with Crippen LogP contribution in [0.4, 0.5) is 4.39 Å². The Morgan fingerprint density at radius 1 is 1.57 bits per heavy atom. The molecular formula is C12H16FN. The van der Waals surface area contributed by atoms with Crippen molar-refractivity contribution < 1.29 is 4.39 Å². The topological polar surface area (TPSA) is 26.0 Å². The van der Waals surface area contributed by atoms with Gasteiger partial charge < -0.3 is 5.73 Å². The van der Waals surface area contributed by atoms with Gasteiger partial charge in [-0.1, -0.05) is 17.7 Å². The molecule has 0 spiro atoms. The highest BCUT2D eigenvalue weighted by atomic mass is 19.1. The van der Waals surface area contributed by atoms with E-state index in [2.05, 4.69) is 6.58 Å². The summed E-state index contributed by atoms with van der Waals surface area (Å²) in [5.41, 5.74) is 8.46. The molecule has 1 aromatic rings. The third kappa shape index (κ3) is 2.42. The molecule has 1 nitrogen and oxygen atoms in total. The number of hydrogen-bond acceptors (Lipinski definition) is 1. The van der Waals surface area contributed by atoms with Crippen LogP contribution in [0.2, 0.25) is 0 Å². The van der Waals surface area contributed by atoms with Gasteiger partial charge in [-0.15, -0.1) is 6.58 Å². The average Bonchev–Trinajstić information content (AvgIpc) is 2.08. The molecule has 0 unspecified atom stereocenters. The molecule has 2 N–H and O–H groups in total. The van der Waals surface area contributed by atoms with Crippen molar-refractivity contribution >= 4 is 0 Å². The predicted molar refractivity (Wildman–Crippen MR) is 57.5 cm³/mol. The van der Waals surface area contributed by atoms with Crippen molar-refractivity contribution in [2.45, 2.75) is 26.3 Å². The van der Waals surface area contributed by atoms with Crippen molar-refractivity contribution in [3.05, 3.63) is 47.3 Å². The summed E-state index contributed by atoms with van der Waals surface area (Å²) in [5.74, 6) is -0.195. The maximum atomic E-state index is 13.2. The van der Waals surface area contributed by atoms with Gasteiger partial charge in [0.05, 0.1) is 0 Å². The smallest absolute Gasteiger partial charge is 0.126 e. The van der Waals surface area contributed by atoms with E-state index in [1.807, 2.05) is 13.0 Å². The van der Waals surface area contributed by atoms with E-state index >= 15 is 0 Å². The second kappa shape index (κ2) is 4.38. The molecule has 0 aromatic heterocycles. The van der Waals surface area contributed by atoms with Crippen LogP contribution in [0, 0.1) is 12.7 Å². The fraction of sp³-hybridized carbons (Fsp3) is 0.333. The van der Waals surface area contributed by atoms with E-state index < -0.39 is 0 Å². The molecule has 0 saturated heterocycles. The van der Waals surface area contributed by atoms with Gasteiger partial charge in [0, 0.05) is 6.04 Å². The first-order chi connectivity index (χ1) is 6.52. The average molecular weight is 193 g/mol. The Balaban J connectivity index is 2.95. The largest absolute Gasteiger partial charge is 0.324 e. The SMILES string of the molecule is C=C(C)C[C@@H](N)c1cccc(F)c1C. The molecule has 0 aliphatic heterocycles. The Bertz CT molecular complexity index is 344. The van der Waals surface area contributed by atoms with Crippen LogP contribution >= 0.6 is 0 Å². The van der Waals surface area contributed by atoms with Gasteiger partial charge in [-0.2, -0.15) is 0 Å². The Labute approximate surface area is 84.4 Å². The molecule has 76 valence electrons. The highest BCUT2D eigenvalue weighted by molar-refractivity contribution is 5.30. The summed E-state index contributed by atoms with van der Waals surface area (Å²) < 4.78 is 13.2. The van der Waals surface area contributed by atoms with Crippen LogP contribution < -0.4 is 5.73 Å². The minimum atomic E-state index is -0.195. The van der Waals surface area contributed by atoms with E-state index in [1.165, 1.54) is 6.07 Å². The normalized spacial score (nSPS) is 12.6. The lowest BCUT2D eigenvalue weighted by Crippen LogP contribution is -2.12. The molecule has 0 saturated carbocycles. The Morgan fingerprint density at radius 2 is 2.21 bits per heavy atom. The highest BCUT2D eigenvalue weighted by Gasteiger charge is 2.10. The molecule has 1 rings (SSSR count). The number of benzene rings is 1. The molecule has 0 bridgehead atoms. The maximum absolute atomic E-state index is 13.2. The first kappa shape index (κ1) is 10.9. The summed E-state index contributed by atoms with van der Waals surface area (Å²) in [6.45, 7) is 7.48. The van der Waals surface area contributed by atoms with E-state index in [1.54, 1.807) is 13.0 Å². The Morgan fingerprint density at radius 3 is 2.79 bits per heavy atom. The van der Waals surface area contributed by atoms with E-state index in [-0.39, 0.29) is 11.9 Å². The fourth-order valence-corrected chi connectivity index (χ4v) is 1.51. The fourth-order valence-electron chi connectivity index (χ4n) is 1.51. The summed E-state index contributed by atoms with van der Waals surface area (Å²) >= 11 is 0. The van der Waals surface area contributed by atoms with E-state index in [0.29, 0.717) is 12.0 Å². The number of halogens is 1. The van der Waals surface area contributed by atoms with Gasteiger partial charge in [0.25, 0.3) is 0 Å². The standard InChI is InChI=1S/C12H16FN/c1-8(2)7-12(14)10-5-4-6-11(13)9(10)3/h4-6,12H,1,7,14H2,2-3H3/t12-/m1/s1. The van der Waals surface area contributed by atoms with Crippen molar-refractivity contribution in [3.8, 4) is 0 Å². The van der Waals surface area contributed by atoms with Crippen LogP contribution in [0.1, 0.15) is 30.5 Å². The molecule has 0 aliphatic rings. The molecule has 0 amide bonds. The van der Waals surface area contributed by atoms with E-state index in [4.69, 9.17) is 5.73 Å². The van der Waals surface area contributed by atoms with Crippen molar-refractivity contribution in [1.82, 2.24) is 0 Å². The number of hydrogen-bond donors (Lipinski definition) is 1.